The van der Waals surface area contributed by atoms with E-state index in [0.29, 0.717) is 13.2 Å². The first kappa shape index (κ1) is 14.9. The van der Waals surface area contributed by atoms with Gasteiger partial charge in [0.1, 0.15) is 0 Å². The summed E-state index contributed by atoms with van der Waals surface area (Å²) in [5.41, 5.74) is 9.31. The van der Waals surface area contributed by atoms with Crippen LogP contribution in [0.25, 0.3) is 0 Å². The molecule has 1 rings (SSSR count). The van der Waals surface area contributed by atoms with Crippen LogP contribution >= 0.6 is 0 Å². The lowest BCUT2D eigenvalue weighted by Gasteiger charge is -2.22. The van der Waals surface area contributed by atoms with Crippen LogP contribution in [0, 0.1) is 0 Å². The minimum Gasteiger partial charge on any atom is -0.383 e. The van der Waals surface area contributed by atoms with Gasteiger partial charge in [-0.3, -0.25) is 0 Å². The van der Waals surface area contributed by atoms with E-state index in [-0.39, 0.29) is 0 Å². The number of ether oxygens (including phenoxy) is 1. The molecule has 0 unspecified atom stereocenters. The second-order valence-electron chi connectivity index (χ2n) is 4.25. The normalized spacial score (nSPS) is 10.7. The molecule has 0 spiro atoms. The SMILES string of the molecule is CCc1nnc(N(C)CCOC)c(CN)c1CC. The number of hydrogen-bond donors (Lipinski definition) is 1. The molecule has 0 aliphatic heterocycles. The third kappa shape index (κ3) is 3.17. The molecular weight excluding hydrogens is 228 g/mol. The molecule has 0 saturated carbocycles. The van der Waals surface area contributed by atoms with E-state index in [1.807, 2.05) is 7.05 Å². The Morgan fingerprint density at radius 3 is 2.39 bits per heavy atom. The number of hydrogen-bond acceptors (Lipinski definition) is 5. The topological polar surface area (TPSA) is 64.3 Å². The van der Waals surface area contributed by atoms with Crippen LogP contribution in [0.4, 0.5) is 5.82 Å². The summed E-state index contributed by atoms with van der Waals surface area (Å²) in [7, 11) is 3.69. The summed E-state index contributed by atoms with van der Waals surface area (Å²) >= 11 is 0. The number of nitrogens with zero attached hydrogens (tertiary/aromatic N) is 3. The molecule has 18 heavy (non-hydrogen) atoms. The van der Waals surface area contributed by atoms with Crippen LogP contribution in [0.2, 0.25) is 0 Å². The maximum atomic E-state index is 5.89. The number of aryl methyl sites for hydroxylation is 1. The van der Waals surface area contributed by atoms with Crippen LogP contribution < -0.4 is 10.6 Å². The molecule has 0 aliphatic rings. The van der Waals surface area contributed by atoms with Crippen molar-refractivity contribution in [2.24, 2.45) is 5.73 Å². The zero-order valence-electron chi connectivity index (χ0n) is 11.9. The molecule has 1 aromatic heterocycles. The van der Waals surface area contributed by atoms with Crippen molar-refractivity contribution in [1.82, 2.24) is 10.2 Å². The molecule has 5 nitrogen and oxygen atoms in total. The van der Waals surface area contributed by atoms with Crippen LogP contribution in [-0.2, 0) is 24.1 Å². The smallest absolute Gasteiger partial charge is 0.155 e. The zero-order chi connectivity index (χ0) is 13.5. The van der Waals surface area contributed by atoms with Gasteiger partial charge in [0.15, 0.2) is 5.82 Å². The molecule has 1 heterocycles. The molecule has 0 atom stereocenters. The second-order valence-corrected chi connectivity index (χ2v) is 4.25. The van der Waals surface area contributed by atoms with Crippen molar-refractivity contribution in [3.63, 3.8) is 0 Å². The largest absolute Gasteiger partial charge is 0.383 e. The fraction of sp³-hybridized carbons (Fsp3) is 0.692. The van der Waals surface area contributed by atoms with Crippen LogP contribution in [0.1, 0.15) is 30.7 Å². The summed E-state index contributed by atoms with van der Waals surface area (Å²) in [6.07, 6.45) is 1.83. The van der Waals surface area contributed by atoms with E-state index in [0.717, 1.165) is 36.5 Å². The Hall–Kier alpha value is -1.20. The molecule has 102 valence electrons. The molecular formula is C13H24N4O. The predicted molar refractivity (Wildman–Crippen MR) is 73.8 cm³/mol. The lowest BCUT2D eigenvalue weighted by atomic mass is 10.0. The van der Waals surface area contributed by atoms with Crippen molar-refractivity contribution in [3.8, 4) is 0 Å². The Labute approximate surface area is 109 Å². The maximum Gasteiger partial charge on any atom is 0.155 e. The lowest BCUT2D eigenvalue weighted by Crippen LogP contribution is -2.26. The van der Waals surface area contributed by atoms with Crippen molar-refractivity contribution in [1.29, 1.82) is 0 Å². The van der Waals surface area contributed by atoms with Crippen molar-refractivity contribution in [2.75, 3.05) is 32.2 Å². The van der Waals surface area contributed by atoms with Gasteiger partial charge < -0.3 is 15.4 Å². The van der Waals surface area contributed by atoms with Gasteiger partial charge >= 0.3 is 0 Å². The average molecular weight is 252 g/mol. The van der Waals surface area contributed by atoms with Crippen molar-refractivity contribution in [2.45, 2.75) is 33.2 Å². The second kappa shape index (κ2) is 7.28. The minimum atomic E-state index is 0.498. The number of methoxy groups -OCH3 is 1. The fourth-order valence-electron chi connectivity index (χ4n) is 2.09. The first-order chi connectivity index (χ1) is 8.69. The minimum absolute atomic E-state index is 0.498. The highest BCUT2D eigenvalue weighted by Crippen LogP contribution is 2.22. The molecule has 0 radical (unpaired) electrons. The Bertz CT molecular complexity index is 381. The molecule has 0 fully saturated rings. The van der Waals surface area contributed by atoms with Gasteiger partial charge in [0, 0.05) is 32.8 Å². The zero-order valence-corrected chi connectivity index (χ0v) is 11.9. The highest BCUT2D eigenvalue weighted by Gasteiger charge is 2.15. The average Bonchev–Trinajstić information content (AvgIpc) is 2.42. The number of aromatic nitrogens is 2. The third-order valence-corrected chi connectivity index (χ3v) is 3.13. The summed E-state index contributed by atoms with van der Waals surface area (Å²) in [6.45, 7) is 6.18. The molecule has 5 heteroatoms. The summed E-state index contributed by atoms with van der Waals surface area (Å²) in [4.78, 5) is 2.05. The number of nitrogens with two attached hydrogens (primary N) is 1. The summed E-state index contributed by atoms with van der Waals surface area (Å²) in [5, 5.41) is 8.64. The van der Waals surface area contributed by atoms with E-state index in [4.69, 9.17) is 10.5 Å². The highest BCUT2D eigenvalue weighted by molar-refractivity contribution is 5.50. The van der Waals surface area contributed by atoms with Crippen molar-refractivity contribution in [3.05, 3.63) is 16.8 Å². The first-order valence-electron chi connectivity index (χ1n) is 6.46. The van der Waals surface area contributed by atoms with Crippen molar-refractivity contribution >= 4 is 5.82 Å². The van der Waals surface area contributed by atoms with Crippen LogP contribution in [0.5, 0.6) is 0 Å². The van der Waals surface area contributed by atoms with Gasteiger partial charge in [0.25, 0.3) is 0 Å². The van der Waals surface area contributed by atoms with Crippen LogP contribution in [-0.4, -0.2) is 37.5 Å². The van der Waals surface area contributed by atoms with Crippen LogP contribution in [0.15, 0.2) is 0 Å². The van der Waals surface area contributed by atoms with Gasteiger partial charge in [-0.1, -0.05) is 13.8 Å². The highest BCUT2D eigenvalue weighted by atomic mass is 16.5. The molecule has 0 saturated heterocycles. The Morgan fingerprint density at radius 1 is 1.17 bits per heavy atom. The molecule has 2 N–H and O–H groups in total. The lowest BCUT2D eigenvalue weighted by molar-refractivity contribution is 0.206. The van der Waals surface area contributed by atoms with E-state index in [2.05, 4.69) is 28.9 Å². The molecule has 0 aromatic carbocycles. The predicted octanol–water partition coefficient (Wildman–Crippen LogP) is 1.14. The Kier molecular flexibility index (Phi) is 6.01. The fourth-order valence-corrected chi connectivity index (χ4v) is 2.09. The van der Waals surface area contributed by atoms with Crippen LogP contribution in [0.3, 0.4) is 0 Å². The standard InChI is InChI=1S/C13H24N4O/c1-5-10-11(9-14)13(16-15-12(10)6-2)17(3)7-8-18-4/h5-9,14H2,1-4H3. The third-order valence-electron chi connectivity index (χ3n) is 3.13. The number of rotatable bonds is 7. The first-order valence-corrected chi connectivity index (χ1v) is 6.46. The summed E-state index contributed by atoms with van der Waals surface area (Å²) in [5.74, 6) is 0.878. The molecule has 0 amide bonds. The Morgan fingerprint density at radius 2 is 1.89 bits per heavy atom. The van der Waals surface area contributed by atoms with E-state index in [1.54, 1.807) is 7.11 Å². The Balaban J connectivity index is 3.11. The summed E-state index contributed by atoms with van der Waals surface area (Å²) in [6, 6.07) is 0. The molecule has 0 bridgehead atoms. The monoisotopic (exact) mass is 252 g/mol. The maximum absolute atomic E-state index is 5.89. The molecule has 0 aliphatic carbocycles. The quantitative estimate of drug-likeness (QED) is 0.788. The summed E-state index contributed by atoms with van der Waals surface area (Å²) < 4.78 is 5.09. The number of anilines is 1. The van der Waals surface area contributed by atoms with E-state index < -0.39 is 0 Å². The van der Waals surface area contributed by atoms with Gasteiger partial charge in [-0.2, -0.15) is 5.10 Å². The van der Waals surface area contributed by atoms with Crippen molar-refractivity contribution < 1.29 is 4.74 Å². The molecule has 1 aromatic rings. The van der Waals surface area contributed by atoms with Gasteiger partial charge in [0.05, 0.1) is 12.3 Å². The van der Waals surface area contributed by atoms with Gasteiger partial charge in [0.2, 0.25) is 0 Å². The van der Waals surface area contributed by atoms with Gasteiger partial charge in [-0.15, -0.1) is 5.10 Å². The van der Waals surface area contributed by atoms with Gasteiger partial charge in [-0.05, 0) is 18.4 Å². The van der Waals surface area contributed by atoms with Gasteiger partial charge in [-0.25, -0.2) is 0 Å². The van der Waals surface area contributed by atoms with E-state index in [9.17, 15) is 0 Å². The van der Waals surface area contributed by atoms with E-state index in [1.165, 1.54) is 5.56 Å². The number of likely N-dealkylation sites (N-methyl/N-ethyl adjacent to an activating group) is 1. The van der Waals surface area contributed by atoms with E-state index >= 15 is 0 Å².